The van der Waals surface area contributed by atoms with Gasteiger partial charge in [-0.05, 0) is 73.5 Å². The number of fused-ring (bicyclic) bond motifs is 2. The molecule has 8 nitrogen and oxygen atoms in total. The van der Waals surface area contributed by atoms with Crippen LogP contribution in [0.5, 0.6) is 5.75 Å². The Bertz CT molecular complexity index is 764. The van der Waals surface area contributed by atoms with Gasteiger partial charge < -0.3 is 29.5 Å². The molecule has 1 fully saturated rings. The maximum absolute atomic E-state index is 11.7. The molecule has 0 bridgehead atoms. The Morgan fingerprint density at radius 1 is 1.26 bits per heavy atom. The standard InChI is InChI=1S/C23H32O8/c1-2-16(31-23(28)29-9-8-24)6-7-17-18-10-14-4-3-5-21(30-13-22(26)27)19(14)11-15(18)12-20(17)25/h3-5,15-18,20,24-25H,2,6-13H2,1H3,(H,26,27)/t15-,16-,17+,18-,20+/m0/s1. The van der Waals surface area contributed by atoms with E-state index >= 15 is 0 Å². The van der Waals surface area contributed by atoms with Gasteiger partial charge in [0, 0.05) is 0 Å². The summed E-state index contributed by atoms with van der Waals surface area (Å²) >= 11 is 0. The molecule has 0 spiro atoms. The number of carboxylic acid groups (broad SMARTS) is 1. The van der Waals surface area contributed by atoms with Crippen molar-refractivity contribution in [2.24, 2.45) is 17.8 Å². The van der Waals surface area contributed by atoms with E-state index in [0.29, 0.717) is 36.8 Å². The number of ether oxygens (including phenoxy) is 3. The van der Waals surface area contributed by atoms with Gasteiger partial charge in [0.15, 0.2) is 6.61 Å². The van der Waals surface area contributed by atoms with Crippen molar-refractivity contribution in [3.63, 3.8) is 0 Å². The molecular weight excluding hydrogens is 404 g/mol. The molecule has 0 aromatic heterocycles. The normalized spacial score (nSPS) is 25.3. The van der Waals surface area contributed by atoms with Gasteiger partial charge in [0.2, 0.25) is 0 Å². The fourth-order valence-corrected chi connectivity index (χ4v) is 5.10. The average Bonchev–Trinajstić information content (AvgIpc) is 3.05. The molecule has 0 saturated heterocycles. The Balaban J connectivity index is 1.62. The van der Waals surface area contributed by atoms with Crippen molar-refractivity contribution < 1.29 is 39.1 Å². The zero-order valence-electron chi connectivity index (χ0n) is 17.9. The van der Waals surface area contributed by atoms with Crippen molar-refractivity contribution in [3.8, 4) is 5.75 Å². The molecule has 0 aliphatic heterocycles. The van der Waals surface area contributed by atoms with Gasteiger partial charge >= 0.3 is 12.1 Å². The lowest BCUT2D eigenvalue weighted by atomic mass is 9.73. The Hall–Kier alpha value is -2.32. The highest BCUT2D eigenvalue weighted by atomic mass is 16.7. The molecule has 2 aliphatic carbocycles. The molecule has 0 heterocycles. The van der Waals surface area contributed by atoms with Crippen molar-refractivity contribution in [1.29, 1.82) is 0 Å². The first-order chi connectivity index (χ1) is 14.9. The molecule has 3 N–H and O–H groups in total. The van der Waals surface area contributed by atoms with E-state index in [4.69, 9.17) is 24.4 Å². The van der Waals surface area contributed by atoms with Crippen LogP contribution in [0.15, 0.2) is 18.2 Å². The van der Waals surface area contributed by atoms with Crippen LogP contribution in [-0.4, -0.2) is 59.5 Å². The molecule has 31 heavy (non-hydrogen) atoms. The number of carbonyl (C=O) groups is 2. The van der Waals surface area contributed by atoms with Crippen molar-refractivity contribution in [1.82, 2.24) is 0 Å². The van der Waals surface area contributed by atoms with Crippen molar-refractivity contribution in [2.45, 2.75) is 57.7 Å². The second-order valence-corrected chi connectivity index (χ2v) is 8.42. The average molecular weight is 437 g/mol. The largest absolute Gasteiger partial charge is 0.508 e. The molecule has 5 atom stereocenters. The van der Waals surface area contributed by atoms with E-state index in [2.05, 4.69) is 6.07 Å². The Kier molecular flexibility index (Phi) is 8.15. The van der Waals surface area contributed by atoms with Gasteiger partial charge in [0.05, 0.1) is 12.7 Å². The number of aliphatic hydroxyl groups is 2. The maximum atomic E-state index is 11.7. The van der Waals surface area contributed by atoms with E-state index in [-0.39, 0.29) is 31.8 Å². The lowest BCUT2D eigenvalue weighted by Crippen LogP contribution is -2.29. The summed E-state index contributed by atoms with van der Waals surface area (Å²) < 4.78 is 15.6. The second kappa shape index (κ2) is 10.8. The third kappa shape index (κ3) is 5.89. The first-order valence-corrected chi connectivity index (χ1v) is 11.0. The summed E-state index contributed by atoms with van der Waals surface area (Å²) in [7, 11) is 0. The predicted octanol–water partition coefficient (Wildman–Crippen LogP) is 2.57. The van der Waals surface area contributed by atoms with Crippen LogP contribution in [0.25, 0.3) is 0 Å². The van der Waals surface area contributed by atoms with E-state index in [1.54, 1.807) is 0 Å². The first-order valence-electron chi connectivity index (χ1n) is 11.0. The summed E-state index contributed by atoms with van der Waals surface area (Å²) in [6.45, 7) is 1.24. The van der Waals surface area contributed by atoms with Crippen LogP contribution in [0.2, 0.25) is 0 Å². The number of carboxylic acids is 1. The van der Waals surface area contributed by atoms with Crippen molar-refractivity contribution in [3.05, 3.63) is 29.3 Å². The maximum Gasteiger partial charge on any atom is 0.508 e. The SMILES string of the molecule is CC[C@@H](CC[C@@H]1[C@H]2Cc3cccc(OCC(=O)O)c3C[C@H]2C[C@H]1O)OC(=O)OCCO. The van der Waals surface area contributed by atoms with E-state index in [1.165, 1.54) is 0 Å². The number of hydrogen-bond acceptors (Lipinski definition) is 7. The van der Waals surface area contributed by atoms with Crippen LogP contribution in [0.1, 0.15) is 43.7 Å². The Morgan fingerprint density at radius 2 is 2.06 bits per heavy atom. The fraction of sp³-hybridized carbons (Fsp3) is 0.652. The summed E-state index contributed by atoms with van der Waals surface area (Å²) in [6.07, 6.45) is 2.87. The number of aliphatic hydroxyl groups excluding tert-OH is 2. The molecular formula is C23H32O8. The number of hydrogen-bond donors (Lipinski definition) is 3. The summed E-state index contributed by atoms with van der Waals surface area (Å²) in [5, 5.41) is 28.4. The van der Waals surface area contributed by atoms with E-state index in [9.17, 15) is 14.7 Å². The van der Waals surface area contributed by atoms with Crippen LogP contribution in [0.3, 0.4) is 0 Å². The smallest absolute Gasteiger partial charge is 0.482 e. The van der Waals surface area contributed by atoms with Gasteiger partial charge in [-0.2, -0.15) is 0 Å². The molecule has 1 aromatic carbocycles. The van der Waals surface area contributed by atoms with Gasteiger partial charge in [-0.3, -0.25) is 0 Å². The lowest BCUT2D eigenvalue weighted by molar-refractivity contribution is -0.139. The summed E-state index contributed by atoms with van der Waals surface area (Å²) in [6, 6.07) is 5.75. The molecule has 0 amide bonds. The predicted molar refractivity (Wildman–Crippen MR) is 111 cm³/mol. The highest BCUT2D eigenvalue weighted by Gasteiger charge is 2.45. The Labute approximate surface area is 182 Å². The zero-order chi connectivity index (χ0) is 22.4. The quantitative estimate of drug-likeness (QED) is 0.478. The highest BCUT2D eigenvalue weighted by Crippen LogP contribution is 2.48. The molecule has 2 aliphatic rings. The monoisotopic (exact) mass is 436 g/mol. The number of rotatable bonds is 10. The molecule has 0 unspecified atom stereocenters. The summed E-state index contributed by atoms with van der Waals surface area (Å²) in [4.78, 5) is 22.5. The molecule has 3 rings (SSSR count). The Morgan fingerprint density at radius 3 is 2.77 bits per heavy atom. The van der Waals surface area contributed by atoms with Gasteiger partial charge in [0.25, 0.3) is 0 Å². The van der Waals surface area contributed by atoms with Gasteiger partial charge in [-0.25, -0.2) is 9.59 Å². The second-order valence-electron chi connectivity index (χ2n) is 8.42. The highest BCUT2D eigenvalue weighted by molar-refractivity contribution is 5.68. The fourth-order valence-electron chi connectivity index (χ4n) is 5.10. The third-order valence-electron chi connectivity index (χ3n) is 6.55. The van der Waals surface area contributed by atoms with Crippen LogP contribution in [0, 0.1) is 17.8 Å². The minimum absolute atomic E-state index is 0.0854. The van der Waals surface area contributed by atoms with Gasteiger partial charge in [-0.1, -0.05) is 19.1 Å². The van der Waals surface area contributed by atoms with Crippen LogP contribution in [-0.2, 0) is 27.1 Å². The molecule has 1 saturated carbocycles. The van der Waals surface area contributed by atoms with Crippen molar-refractivity contribution in [2.75, 3.05) is 19.8 Å². The number of carbonyl (C=O) groups excluding carboxylic acids is 1. The van der Waals surface area contributed by atoms with Gasteiger partial charge in [-0.15, -0.1) is 0 Å². The van der Waals surface area contributed by atoms with Crippen LogP contribution < -0.4 is 4.74 Å². The van der Waals surface area contributed by atoms with Gasteiger partial charge in [0.1, 0.15) is 18.5 Å². The first kappa shape index (κ1) is 23.3. The van der Waals surface area contributed by atoms with Crippen LogP contribution in [0.4, 0.5) is 4.79 Å². The molecule has 1 aromatic rings. The summed E-state index contributed by atoms with van der Waals surface area (Å²) in [5.74, 6) is 0.384. The third-order valence-corrected chi connectivity index (χ3v) is 6.55. The van der Waals surface area contributed by atoms with E-state index in [1.807, 2.05) is 19.1 Å². The lowest BCUT2D eigenvalue weighted by Gasteiger charge is -2.32. The molecule has 8 heteroatoms. The summed E-state index contributed by atoms with van der Waals surface area (Å²) in [5.41, 5.74) is 2.21. The van der Waals surface area contributed by atoms with E-state index in [0.717, 1.165) is 30.4 Å². The number of aliphatic carboxylic acids is 1. The zero-order valence-corrected chi connectivity index (χ0v) is 17.9. The topological polar surface area (TPSA) is 123 Å². The molecule has 172 valence electrons. The number of benzene rings is 1. The minimum atomic E-state index is -1.00. The van der Waals surface area contributed by atoms with Crippen LogP contribution >= 0.6 is 0 Å². The van der Waals surface area contributed by atoms with Crippen molar-refractivity contribution >= 4 is 12.1 Å². The van der Waals surface area contributed by atoms with E-state index < -0.39 is 18.2 Å². The minimum Gasteiger partial charge on any atom is -0.482 e. The molecule has 0 radical (unpaired) electrons.